The molecule has 2 nitrogen and oxygen atoms in total. The van der Waals surface area contributed by atoms with Crippen molar-refractivity contribution < 1.29 is 4.79 Å². The Morgan fingerprint density at radius 1 is 1.00 bits per heavy atom. The number of benzene rings is 2. The second-order valence-electron chi connectivity index (χ2n) is 4.21. The summed E-state index contributed by atoms with van der Waals surface area (Å²) in [6.07, 6.45) is 1.72. The van der Waals surface area contributed by atoms with E-state index < -0.39 is 0 Å². The Bertz CT molecular complexity index is 777. The molecule has 0 atom stereocenters. The van der Waals surface area contributed by atoms with Gasteiger partial charge in [-0.2, -0.15) is 0 Å². The first-order valence-corrected chi connectivity index (χ1v) is 6.48. The Hall–Kier alpha value is -1.77. The Kier molecular flexibility index (Phi) is 3.05. The zero-order valence-electron chi connectivity index (χ0n) is 9.78. The van der Waals surface area contributed by atoms with Crippen molar-refractivity contribution in [3.05, 3.63) is 69.8 Å². The van der Waals surface area contributed by atoms with Gasteiger partial charge in [0.15, 0.2) is 5.78 Å². The van der Waals surface area contributed by atoms with E-state index in [4.69, 9.17) is 23.2 Å². The monoisotopic (exact) mass is 289 g/mol. The van der Waals surface area contributed by atoms with Crippen LogP contribution in [-0.2, 0) is 0 Å². The maximum absolute atomic E-state index is 12.5. The first kappa shape index (κ1) is 12.3. The fourth-order valence-corrected chi connectivity index (χ4v) is 2.35. The van der Waals surface area contributed by atoms with Crippen molar-refractivity contribution in [1.82, 2.24) is 4.98 Å². The number of carbonyl (C=O) groups excluding carboxylic acids is 1. The molecule has 94 valence electrons. The number of nitrogens with one attached hydrogen (secondary N) is 1. The molecule has 1 N–H and O–H groups in total. The van der Waals surface area contributed by atoms with Gasteiger partial charge in [-0.1, -0.05) is 41.4 Å². The first-order valence-electron chi connectivity index (χ1n) is 5.72. The Morgan fingerprint density at radius 2 is 1.79 bits per heavy atom. The van der Waals surface area contributed by atoms with Gasteiger partial charge in [0.25, 0.3) is 0 Å². The SMILES string of the molecule is O=C(c1ccc(Cl)c(Cl)c1)c1c[nH]c2ccccc12. The number of ketones is 1. The summed E-state index contributed by atoms with van der Waals surface area (Å²) >= 11 is 11.8. The van der Waals surface area contributed by atoms with E-state index >= 15 is 0 Å². The molecule has 0 bridgehead atoms. The van der Waals surface area contributed by atoms with Crippen molar-refractivity contribution in [1.29, 1.82) is 0 Å². The Morgan fingerprint density at radius 3 is 2.58 bits per heavy atom. The van der Waals surface area contributed by atoms with Crippen LogP contribution in [0.3, 0.4) is 0 Å². The minimum Gasteiger partial charge on any atom is -0.360 e. The van der Waals surface area contributed by atoms with Crippen LogP contribution < -0.4 is 0 Å². The van der Waals surface area contributed by atoms with Crippen LogP contribution in [0.1, 0.15) is 15.9 Å². The number of aromatic amines is 1. The summed E-state index contributed by atoms with van der Waals surface area (Å²) in [5.41, 5.74) is 2.10. The van der Waals surface area contributed by atoms with E-state index in [1.807, 2.05) is 24.3 Å². The minimum atomic E-state index is -0.0731. The van der Waals surface area contributed by atoms with E-state index in [0.29, 0.717) is 21.2 Å². The van der Waals surface area contributed by atoms with E-state index in [2.05, 4.69) is 4.98 Å². The highest BCUT2D eigenvalue weighted by atomic mass is 35.5. The zero-order chi connectivity index (χ0) is 13.4. The summed E-state index contributed by atoms with van der Waals surface area (Å²) in [6, 6.07) is 12.6. The normalized spacial score (nSPS) is 10.8. The van der Waals surface area contributed by atoms with Gasteiger partial charge < -0.3 is 4.98 Å². The van der Waals surface area contributed by atoms with Crippen LogP contribution in [-0.4, -0.2) is 10.8 Å². The number of para-hydroxylation sites is 1. The number of aromatic nitrogens is 1. The molecule has 0 spiro atoms. The summed E-state index contributed by atoms with van der Waals surface area (Å²) in [6.45, 7) is 0. The lowest BCUT2D eigenvalue weighted by Gasteiger charge is -2.02. The summed E-state index contributed by atoms with van der Waals surface area (Å²) in [7, 11) is 0. The van der Waals surface area contributed by atoms with Crippen molar-refractivity contribution in [3.63, 3.8) is 0 Å². The van der Waals surface area contributed by atoms with E-state index in [-0.39, 0.29) is 5.78 Å². The van der Waals surface area contributed by atoms with Crippen LogP contribution in [0.4, 0.5) is 0 Å². The maximum atomic E-state index is 12.5. The lowest BCUT2D eigenvalue weighted by molar-refractivity contribution is 0.104. The number of halogens is 2. The predicted octanol–water partition coefficient (Wildman–Crippen LogP) is 4.71. The fourth-order valence-electron chi connectivity index (χ4n) is 2.05. The van der Waals surface area contributed by atoms with Gasteiger partial charge >= 0.3 is 0 Å². The number of fused-ring (bicyclic) bond motifs is 1. The molecular weight excluding hydrogens is 281 g/mol. The van der Waals surface area contributed by atoms with Gasteiger partial charge in [-0.25, -0.2) is 0 Å². The van der Waals surface area contributed by atoms with Crippen LogP contribution in [0.25, 0.3) is 10.9 Å². The summed E-state index contributed by atoms with van der Waals surface area (Å²) in [4.78, 5) is 15.5. The van der Waals surface area contributed by atoms with Crippen molar-refractivity contribution in [3.8, 4) is 0 Å². The summed E-state index contributed by atoms with van der Waals surface area (Å²) in [5, 5.41) is 1.73. The molecule has 0 saturated carbocycles. The third kappa shape index (κ3) is 2.14. The third-order valence-corrected chi connectivity index (χ3v) is 3.75. The molecule has 0 aliphatic carbocycles. The average molecular weight is 290 g/mol. The molecule has 0 amide bonds. The number of rotatable bonds is 2. The van der Waals surface area contributed by atoms with Crippen molar-refractivity contribution in [2.24, 2.45) is 0 Å². The summed E-state index contributed by atoms with van der Waals surface area (Å²) < 4.78 is 0. The smallest absolute Gasteiger partial charge is 0.195 e. The van der Waals surface area contributed by atoms with Gasteiger partial charge in [-0.05, 0) is 24.3 Å². The van der Waals surface area contributed by atoms with Gasteiger partial charge in [0.2, 0.25) is 0 Å². The van der Waals surface area contributed by atoms with Gasteiger partial charge in [-0.3, -0.25) is 4.79 Å². The van der Waals surface area contributed by atoms with E-state index in [0.717, 1.165) is 10.9 Å². The standard InChI is InChI=1S/C15H9Cl2NO/c16-12-6-5-9(7-13(12)17)15(19)11-8-18-14-4-2-1-3-10(11)14/h1-8,18H. The molecular formula is C15H9Cl2NO. The molecule has 0 unspecified atom stereocenters. The highest BCUT2D eigenvalue weighted by Gasteiger charge is 2.14. The Labute approximate surface area is 120 Å². The second-order valence-corrected chi connectivity index (χ2v) is 5.02. The molecule has 4 heteroatoms. The molecule has 3 aromatic rings. The molecule has 0 saturated heterocycles. The van der Waals surface area contributed by atoms with Crippen molar-refractivity contribution in [2.75, 3.05) is 0 Å². The lowest BCUT2D eigenvalue weighted by atomic mass is 10.0. The molecule has 1 aromatic heterocycles. The molecule has 1 heterocycles. The number of H-pyrrole nitrogens is 1. The predicted molar refractivity (Wildman–Crippen MR) is 78.2 cm³/mol. The van der Waals surface area contributed by atoms with Crippen molar-refractivity contribution >= 4 is 39.9 Å². The minimum absolute atomic E-state index is 0.0731. The number of hydrogen-bond acceptors (Lipinski definition) is 1. The van der Waals surface area contributed by atoms with Gasteiger partial charge in [0.1, 0.15) is 0 Å². The van der Waals surface area contributed by atoms with Crippen LogP contribution in [0.15, 0.2) is 48.7 Å². The van der Waals surface area contributed by atoms with Gasteiger partial charge in [0, 0.05) is 28.2 Å². The molecule has 3 rings (SSSR count). The third-order valence-electron chi connectivity index (χ3n) is 3.02. The van der Waals surface area contributed by atoms with E-state index in [1.54, 1.807) is 24.4 Å². The van der Waals surface area contributed by atoms with Gasteiger partial charge in [-0.15, -0.1) is 0 Å². The molecule has 2 aromatic carbocycles. The maximum Gasteiger partial charge on any atom is 0.195 e. The highest BCUT2D eigenvalue weighted by Crippen LogP contribution is 2.26. The number of hydrogen-bond donors (Lipinski definition) is 1. The van der Waals surface area contributed by atoms with E-state index in [9.17, 15) is 4.79 Å². The average Bonchev–Trinajstić information content (AvgIpc) is 2.85. The first-order chi connectivity index (χ1) is 9.16. The van der Waals surface area contributed by atoms with Crippen LogP contribution in [0.2, 0.25) is 10.0 Å². The fraction of sp³-hybridized carbons (Fsp3) is 0. The van der Waals surface area contributed by atoms with Crippen LogP contribution >= 0.6 is 23.2 Å². The van der Waals surface area contributed by atoms with E-state index in [1.165, 1.54) is 0 Å². The lowest BCUT2D eigenvalue weighted by Crippen LogP contribution is -2.00. The number of carbonyl (C=O) groups is 1. The summed E-state index contributed by atoms with van der Waals surface area (Å²) in [5.74, 6) is -0.0731. The molecule has 0 aliphatic heterocycles. The highest BCUT2D eigenvalue weighted by molar-refractivity contribution is 6.42. The van der Waals surface area contributed by atoms with Crippen LogP contribution in [0, 0.1) is 0 Å². The molecule has 0 radical (unpaired) electrons. The van der Waals surface area contributed by atoms with Crippen LogP contribution in [0.5, 0.6) is 0 Å². The van der Waals surface area contributed by atoms with Crippen molar-refractivity contribution in [2.45, 2.75) is 0 Å². The molecule has 0 aliphatic rings. The quantitative estimate of drug-likeness (QED) is 0.681. The second kappa shape index (κ2) is 4.72. The Balaban J connectivity index is 2.11. The molecule has 19 heavy (non-hydrogen) atoms. The molecule has 0 fully saturated rings. The van der Waals surface area contributed by atoms with Gasteiger partial charge in [0.05, 0.1) is 10.0 Å². The zero-order valence-corrected chi connectivity index (χ0v) is 11.3. The largest absolute Gasteiger partial charge is 0.360 e. The topological polar surface area (TPSA) is 32.9 Å².